The Balaban J connectivity index is 2.23. The number of hydrogen-bond donors (Lipinski definition) is 2. The van der Waals surface area contributed by atoms with Crippen LogP contribution in [0.15, 0.2) is 29.2 Å². The molecule has 0 aromatic heterocycles. The molecule has 2 rings (SSSR count). The molecule has 7 heteroatoms. The number of halogens is 1. The van der Waals surface area contributed by atoms with Crippen molar-refractivity contribution in [1.29, 1.82) is 0 Å². The summed E-state index contributed by atoms with van der Waals surface area (Å²) in [7, 11) is -3.83. The van der Waals surface area contributed by atoms with Crippen LogP contribution in [0.3, 0.4) is 0 Å². The third kappa shape index (κ3) is 4.00. The zero-order valence-corrected chi connectivity index (χ0v) is 14.2. The normalized spacial score (nSPS) is 23.2. The Bertz CT molecular complexity index is 646. The molecule has 22 heavy (non-hydrogen) atoms. The summed E-state index contributed by atoms with van der Waals surface area (Å²) in [4.78, 5) is 12.1. The van der Waals surface area contributed by atoms with E-state index >= 15 is 0 Å². The molecular formula is C15H21ClN2O3S. The molecule has 2 atom stereocenters. The van der Waals surface area contributed by atoms with E-state index in [-0.39, 0.29) is 21.7 Å². The first-order valence-corrected chi connectivity index (χ1v) is 9.22. The van der Waals surface area contributed by atoms with E-state index in [1.807, 2.05) is 0 Å². The molecule has 1 aromatic carbocycles. The van der Waals surface area contributed by atoms with Crippen LogP contribution in [-0.4, -0.2) is 26.9 Å². The maximum absolute atomic E-state index is 12.5. The molecule has 1 amide bonds. The maximum Gasteiger partial charge on any atom is 0.242 e. The molecule has 2 N–H and O–H groups in total. The van der Waals surface area contributed by atoms with Gasteiger partial charge in [-0.25, -0.2) is 8.42 Å². The third-order valence-electron chi connectivity index (χ3n) is 4.04. The Morgan fingerprint density at radius 2 is 2.00 bits per heavy atom. The summed E-state index contributed by atoms with van der Waals surface area (Å²) in [6.07, 6.45) is 1.35. The highest BCUT2D eigenvalue weighted by Gasteiger charge is 2.32. The highest BCUT2D eigenvalue weighted by molar-refractivity contribution is 7.89. The summed E-state index contributed by atoms with van der Waals surface area (Å²) in [6, 6.07) is 5.44. The van der Waals surface area contributed by atoms with Crippen LogP contribution in [0.25, 0.3) is 0 Å². The first-order valence-electron chi connectivity index (χ1n) is 7.36. The SMILES string of the molecule is CC(C)C1CCNC(=O)C(NS(=O)(=O)c2ccccc2Cl)C1. The zero-order chi connectivity index (χ0) is 16.3. The second kappa shape index (κ2) is 6.98. The summed E-state index contributed by atoms with van der Waals surface area (Å²) in [5.41, 5.74) is 0. The Labute approximate surface area is 136 Å². The number of nitrogens with one attached hydrogen (secondary N) is 2. The van der Waals surface area contributed by atoms with Gasteiger partial charge in [0.25, 0.3) is 0 Å². The minimum absolute atomic E-state index is 0.00481. The van der Waals surface area contributed by atoms with E-state index in [1.54, 1.807) is 12.1 Å². The highest BCUT2D eigenvalue weighted by Crippen LogP contribution is 2.25. The van der Waals surface area contributed by atoms with Crippen molar-refractivity contribution < 1.29 is 13.2 Å². The second-order valence-corrected chi connectivity index (χ2v) is 8.01. The zero-order valence-electron chi connectivity index (χ0n) is 12.7. The van der Waals surface area contributed by atoms with Crippen LogP contribution in [0.1, 0.15) is 26.7 Å². The number of hydrogen-bond acceptors (Lipinski definition) is 3. The minimum Gasteiger partial charge on any atom is -0.355 e. The van der Waals surface area contributed by atoms with Crippen LogP contribution in [-0.2, 0) is 14.8 Å². The van der Waals surface area contributed by atoms with Gasteiger partial charge in [-0.15, -0.1) is 0 Å². The van der Waals surface area contributed by atoms with E-state index in [4.69, 9.17) is 11.6 Å². The fraction of sp³-hybridized carbons (Fsp3) is 0.533. The van der Waals surface area contributed by atoms with Gasteiger partial charge >= 0.3 is 0 Å². The van der Waals surface area contributed by atoms with E-state index in [0.29, 0.717) is 18.9 Å². The lowest BCUT2D eigenvalue weighted by Gasteiger charge is -2.22. The smallest absolute Gasteiger partial charge is 0.242 e. The van der Waals surface area contributed by atoms with E-state index in [2.05, 4.69) is 23.9 Å². The lowest BCUT2D eigenvalue weighted by atomic mass is 9.88. The Kier molecular flexibility index (Phi) is 5.47. The third-order valence-corrected chi connectivity index (χ3v) is 6.01. The van der Waals surface area contributed by atoms with Gasteiger partial charge in [0, 0.05) is 6.54 Å². The largest absolute Gasteiger partial charge is 0.355 e. The first kappa shape index (κ1) is 17.2. The number of carbonyl (C=O) groups excluding carboxylic acids is 1. The van der Waals surface area contributed by atoms with Gasteiger partial charge in [-0.05, 0) is 36.8 Å². The molecule has 1 aliphatic heterocycles. The molecule has 1 heterocycles. The van der Waals surface area contributed by atoms with Crippen molar-refractivity contribution in [3.63, 3.8) is 0 Å². The number of benzene rings is 1. The van der Waals surface area contributed by atoms with Gasteiger partial charge in [0.05, 0.1) is 5.02 Å². The molecule has 0 aliphatic carbocycles. The molecule has 5 nitrogen and oxygen atoms in total. The summed E-state index contributed by atoms with van der Waals surface area (Å²) < 4.78 is 27.5. The molecule has 0 bridgehead atoms. The van der Waals surface area contributed by atoms with Crippen molar-refractivity contribution >= 4 is 27.5 Å². The number of carbonyl (C=O) groups is 1. The van der Waals surface area contributed by atoms with Gasteiger partial charge in [-0.3, -0.25) is 4.79 Å². The van der Waals surface area contributed by atoms with E-state index in [1.165, 1.54) is 12.1 Å². The summed E-state index contributed by atoms with van der Waals surface area (Å²) in [5.74, 6) is 0.400. The number of sulfonamides is 1. The number of amides is 1. The van der Waals surface area contributed by atoms with E-state index < -0.39 is 16.1 Å². The maximum atomic E-state index is 12.5. The summed E-state index contributed by atoms with van der Waals surface area (Å²) in [5, 5.41) is 2.91. The van der Waals surface area contributed by atoms with Gasteiger partial charge in [-0.2, -0.15) is 4.72 Å². The minimum atomic E-state index is -3.83. The molecule has 0 spiro atoms. The van der Waals surface area contributed by atoms with Crippen molar-refractivity contribution in [1.82, 2.24) is 10.0 Å². The Morgan fingerprint density at radius 3 is 2.64 bits per heavy atom. The molecule has 1 fully saturated rings. The molecule has 0 radical (unpaired) electrons. The van der Waals surface area contributed by atoms with Crippen molar-refractivity contribution in [3.05, 3.63) is 29.3 Å². The van der Waals surface area contributed by atoms with E-state index in [9.17, 15) is 13.2 Å². The van der Waals surface area contributed by atoms with Gasteiger partial charge < -0.3 is 5.32 Å². The predicted octanol–water partition coefficient (Wildman–Crippen LogP) is 2.17. The monoisotopic (exact) mass is 344 g/mol. The molecule has 1 aliphatic rings. The van der Waals surface area contributed by atoms with E-state index in [0.717, 1.165) is 6.42 Å². The summed E-state index contributed by atoms with van der Waals surface area (Å²) in [6.45, 7) is 4.74. The van der Waals surface area contributed by atoms with Crippen molar-refractivity contribution in [2.45, 2.75) is 37.6 Å². The predicted molar refractivity (Wildman–Crippen MR) is 86.1 cm³/mol. The number of rotatable bonds is 4. The highest BCUT2D eigenvalue weighted by atomic mass is 35.5. The van der Waals surface area contributed by atoms with Crippen LogP contribution in [0.4, 0.5) is 0 Å². The van der Waals surface area contributed by atoms with Gasteiger partial charge in [0.15, 0.2) is 0 Å². The van der Waals surface area contributed by atoms with Gasteiger partial charge in [-0.1, -0.05) is 37.6 Å². The van der Waals surface area contributed by atoms with Gasteiger partial charge in [0.1, 0.15) is 10.9 Å². The van der Waals surface area contributed by atoms with Crippen molar-refractivity contribution in [2.24, 2.45) is 11.8 Å². The van der Waals surface area contributed by atoms with Crippen LogP contribution >= 0.6 is 11.6 Å². The van der Waals surface area contributed by atoms with Crippen molar-refractivity contribution in [3.8, 4) is 0 Å². The van der Waals surface area contributed by atoms with Crippen LogP contribution in [0.5, 0.6) is 0 Å². The van der Waals surface area contributed by atoms with Crippen LogP contribution in [0.2, 0.25) is 5.02 Å². The molecule has 0 saturated carbocycles. The molecule has 122 valence electrons. The second-order valence-electron chi connectivity index (χ2n) is 5.92. The average Bonchev–Trinajstić information content (AvgIpc) is 2.61. The fourth-order valence-electron chi connectivity index (χ4n) is 2.65. The van der Waals surface area contributed by atoms with Crippen LogP contribution < -0.4 is 10.0 Å². The Hall–Kier alpha value is -1.11. The molecule has 2 unspecified atom stereocenters. The lowest BCUT2D eigenvalue weighted by molar-refractivity contribution is -0.122. The molecular weight excluding hydrogens is 324 g/mol. The average molecular weight is 345 g/mol. The molecule has 1 aromatic rings. The van der Waals surface area contributed by atoms with Crippen molar-refractivity contribution in [2.75, 3.05) is 6.54 Å². The first-order chi connectivity index (χ1) is 10.3. The Morgan fingerprint density at radius 1 is 1.32 bits per heavy atom. The topological polar surface area (TPSA) is 75.3 Å². The molecule has 1 saturated heterocycles. The van der Waals surface area contributed by atoms with Crippen LogP contribution in [0, 0.1) is 11.8 Å². The lowest BCUT2D eigenvalue weighted by Crippen LogP contribution is -2.46. The summed E-state index contributed by atoms with van der Waals surface area (Å²) >= 11 is 5.95. The quantitative estimate of drug-likeness (QED) is 0.879. The fourth-order valence-corrected chi connectivity index (χ4v) is 4.38. The standard InChI is InChI=1S/C15H21ClN2O3S/c1-10(2)11-7-8-17-15(19)13(9-11)18-22(20,21)14-6-4-3-5-12(14)16/h3-6,10-11,13,18H,7-9H2,1-2H3,(H,17,19). The van der Waals surface area contributed by atoms with Gasteiger partial charge in [0.2, 0.25) is 15.9 Å².